The molecule has 2 amide bonds. The molecule has 0 aliphatic carbocycles. The molecule has 3 rings (SSSR count). The van der Waals surface area contributed by atoms with Crippen molar-refractivity contribution >= 4 is 6.03 Å². The highest BCUT2D eigenvalue weighted by Gasteiger charge is 2.24. The molecule has 0 bridgehead atoms. The van der Waals surface area contributed by atoms with Crippen LogP contribution in [0.5, 0.6) is 6.01 Å². The third kappa shape index (κ3) is 5.14. The first kappa shape index (κ1) is 17.1. The van der Waals surface area contributed by atoms with Crippen molar-refractivity contribution in [1.82, 2.24) is 20.2 Å². The zero-order chi connectivity index (χ0) is 17.5. The van der Waals surface area contributed by atoms with E-state index >= 15 is 0 Å². The van der Waals surface area contributed by atoms with E-state index in [-0.39, 0.29) is 18.1 Å². The van der Waals surface area contributed by atoms with Gasteiger partial charge in [-0.3, -0.25) is 0 Å². The molecule has 132 valence electrons. The number of piperidine rings is 1. The fourth-order valence-electron chi connectivity index (χ4n) is 2.76. The average Bonchev–Trinajstić information content (AvgIpc) is 2.65. The third-order valence-electron chi connectivity index (χ3n) is 4.13. The fraction of sp³-hybridized carbons (Fsp3) is 0.389. The van der Waals surface area contributed by atoms with E-state index in [1.54, 1.807) is 4.90 Å². The van der Waals surface area contributed by atoms with E-state index in [1.807, 2.05) is 30.3 Å². The van der Waals surface area contributed by atoms with Gasteiger partial charge in [-0.15, -0.1) is 0 Å². The lowest BCUT2D eigenvalue weighted by molar-refractivity contribution is 0.103. The van der Waals surface area contributed by atoms with Crippen molar-refractivity contribution in [3.8, 4) is 6.01 Å². The van der Waals surface area contributed by atoms with E-state index in [0.29, 0.717) is 32.5 Å². The van der Waals surface area contributed by atoms with Gasteiger partial charge in [0.2, 0.25) is 0 Å². The van der Waals surface area contributed by atoms with Gasteiger partial charge in [-0.2, -0.15) is 0 Å². The van der Waals surface area contributed by atoms with Crippen molar-refractivity contribution in [2.45, 2.75) is 25.4 Å². The highest BCUT2D eigenvalue weighted by Crippen LogP contribution is 2.15. The Labute approximate surface area is 146 Å². The third-order valence-corrected chi connectivity index (χ3v) is 4.13. The van der Waals surface area contributed by atoms with E-state index < -0.39 is 5.82 Å². The van der Waals surface area contributed by atoms with Crippen LogP contribution < -0.4 is 10.1 Å². The van der Waals surface area contributed by atoms with Gasteiger partial charge in [0, 0.05) is 32.5 Å². The van der Waals surface area contributed by atoms with Crippen molar-refractivity contribution in [3.05, 3.63) is 54.1 Å². The molecule has 1 fully saturated rings. The molecule has 2 heterocycles. The van der Waals surface area contributed by atoms with Gasteiger partial charge in [0.25, 0.3) is 0 Å². The molecule has 0 spiro atoms. The van der Waals surface area contributed by atoms with Gasteiger partial charge in [0.15, 0.2) is 5.82 Å². The first-order chi connectivity index (χ1) is 12.2. The molecule has 1 aromatic heterocycles. The normalized spacial score (nSPS) is 15.0. The smallest absolute Gasteiger partial charge is 0.317 e. The van der Waals surface area contributed by atoms with Gasteiger partial charge in [-0.05, 0) is 12.0 Å². The van der Waals surface area contributed by atoms with Crippen LogP contribution in [0.25, 0.3) is 0 Å². The Bertz CT molecular complexity index is 673. The molecular formula is C18H21FN4O2. The van der Waals surface area contributed by atoms with E-state index in [9.17, 15) is 9.18 Å². The standard InChI is InChI=1S/C18H21FN4O2/c19-15-12-21-17(22-13-15)25-16-7-10-23(11-8-16)18(24)20-9-6-14-4-2-1-3-5-14/h1-5,12-13,16H,6-11H2,(H,20,24). The number of likely N-dealkylation sites (tertiary alicyclic amines) is 1. The van der Waals surface area contributed by atoms with Gasteiger partial charge in [-0.1, -0.05) is 30.3 Å². The minimum absolute atomic E-state index is 0.0487. The molecule has 6 nitrogen and oxygen atoms in total. The lowest BCUT2D eigenvalue weighted by Gasteiger charge is -2.31. The number of halogens is 1. The molecule has 1 aromatic carbocycles. The molecule has 0 saturated carbocycles. The lowest BCUT2D eigenvalue weighted by atomic mass is 10.1. The largest absolute Gasteiger partial charge is 0.460 e. The molecular weight excluding hydrogens is 323 g/mol. The second-order valence-electron chi connectivity index (χ2n) is 5.96. The second-order valence-corrected chi connectivity index (χ2v) is 5.96. The number of nitrogens with one attached hydrogen (secondary N) is 1. The topological polar surface area (TPSA) is 67.4 Å². The number of benzene rings is 1. The first-order valence-electron chi connectivity index (χ1n) is 8.41. The average molecular weight is 344 g/mol. The number of hydrogen-bond acceptors (Lipinski definition) is 4. The van der Waals surface area contributed by atoms with E-state index in [4.69, 9.17) is 4.74 Å². The summed E-state index contributed by atoms with van der Waals surface area (Å²) in [5, 5.41) is 2.95. The summed E-state index contributed by atoms with van der Waals surface area (Å²) in [6.07, 6.45) is 4.32. The van der Waals surface area contributed by atoms with Crippen molar-refractivity contribution in [3.63, 3.8) is 0 Å². The van der Waals surface area contributed by atoms with Crippen LogP contribution in [-0.2, 0) is 6.42 Å². The molecule has 0 atom stereocenters. The van der Waals surface area contributed by atoms with Gasteiger partial charge in [0.1, 0.15) is 6.10 Å². The van der Waals surface area contributed by atoms with E-state index in [2.05, 4.69) is 15.3 Å². The number of hydrogen-bond donors (Lipinski definition) is 1. The number of amides is 2. The molecule has 25 heavy (non-hydrogen) atoms. The summed E-state index contributed by atoms with van der Waals surface area (Å²) in [6.45, 7) is 1.84. The van der Waals surface area contributed by atoms with Gasteiger partial charge in [-0.25, -0.2) is 19.2 Å². The molecule has 0 unspecified atom stereocenters. The van der Waals surface area contributed by atoms with Crippen molar-refractivity contribution in [2.75, 3.05) is 19.6 Å². The predicted molar refractivity (Wildman–Crippen MR) is 90.8 cm³/mol. The summed E-state index contributed by atoms with van der Waals surface area (Å²) in [5.74, 6) is -0.491. The predicted octanol–water partition coefficient (Wildman–Crippen LogP) is 2.41. The Morgan fingerprint density at radius 1 is 1.20 bits per heavy atom. The Balaban J connectivity index is 1.38. The van der Waals surface area contributed by atoms with Crippen LogP contribution in [-0.4, -0.2) is 46.6 Å². The summed E-state index contributed by atoms with van der Waals surface area (Å²) in [5.41, 5.74) is 1.20. The van der Waals surface area contributed by atoms with Crippen LogP contribution in [0.4, 0.5) is 9.18 Å². The Hall–Kier alpha value is -2.70. The Morgan fingerprint density at radius 2 is 1.88 bits per heavy atom. The quantitative estimate of drug-likeness (QED) is 0.904. The minimum atomic E-state index is -0.491. The molecule has 1 saturated heterocycles. The van der Waals surface area contributed by atoms with Crippen LogP contribution in [0.15, 0.2) is 42.7 Å². The van der Waals surface area contributed by atoms with Crippen LogP contribution in [0, 0.1) is 5.82 Å². The first-order valence-corrected chi connectivity index (χ1v) is 8.41. The zero-order valence-corrected chi connectivity index (χ0v) is 13.9. The Morgan fingerprint density at radius 3 is 2.56 bits per heavy atom. The molecule has 2 aromatic rings. The Kier molecular flexibility index (Phi) is 5.77. The highest BCUT2D eigenvalue weighted by atomic mass is 19.1. The van der Waals surface area contributed by atoms with Crippen LogP contribution in [0.1, 0.15) is 18.4 Å². The maximum Gasteiger partial charge on any atom is 0.317 e. The number of nitrogens with zero attached hydrogens (tertiary/aromatic N) is 3. The molecule has 1 N–H and O–H groups in total. The number of carbonyl (C=O) groups excluding carboxylic acids is 1. The molecule has 7 heteroatoms. The number of carbonyl (C=O) groups is 1. The second kappa shape index (κ2) is 8.41. The van der Waals surface area contributed by atoms with E-state index in [0.717, 1.165) is 18.8 Å². The highest BCUT2D eigenvalue weighted by molar-refractivity contribution is 5.74. The summed E-state index contributed by atoms with van der Waals surface area (Å²) < 4.78 is 18.4. The summed E-state index contributed by atoms with van der Waals surface area (Å²) in [4.78, 5) is 21.6. The van der Waals surface area contributed by atoms with Crippen LogP contribution in [0.2, 0.25) is 0 Å². The van der Waals surface area contributed by atoms with Gasteiger partial charge < -0.3 is 15.0 Å². The number of ether oxygens (including phenoxy) is 1. The monoisotopic (exact) mass is 344 g/mol. The number of aromatic nitrogens is 2. The summed E-state index contributed by atoms with van der Waals surface area (Å²) in [7, 11) is 0. The van der Waals surface area contributed by atoms with E-state index in [1.165, 1.54) is 5.56 Å². The fourth-order valence-corrected chi connectivity index (χ4v) is 2.76. The zero-order valence-electron chi connectivity index (χ0n) is 13.9. The van der Waals surface area contributed by atoms with Crippen LogP contribution >= 0.6 is 0 Å². The maximum atomic E-state index is 12.8. The molecule has 1 aliphatic heterocycles. The summed E-state index contributed by atoms with van der Waals surface area (Å²) in [6, 6.07) is 10.2. The maximum absolute atomic E-state index is 12.8. The minimum Gasteiger partial charge on any atom is -0.460 e. The van der Waals surface area contributed by atoms with Gasteiger partial charge in [0.05, 0.1) is 12.4 Å². The lowest BCUT2D eigenvalue weighted by Crippen LogP contribution is -2.47. The van der Waals surface area contributed by atoms with Gasteiger partial charge >= 0.3 is 12.0 Å². The molecule has 1 aliphatic rings. The molecule has 0 radical (unpaired) electrons. The van der Waals surface area contributed by atoms with Crippen LogP contribution in [0.3, 0.4) is 0 Å². The number of urea groups is 1. The van der Waals surface area contributed by atoms with Crippen molar-refractivity contribution < 1.29 is 13.9 Å². The van der Waals surface area contributed by atoms with Crippen molar-refractivity contribution in [1.29, 1.82) is 0 Å². The summed E-state index contributed by atoms with van der Waals surface area (Å²) >= 11 is 0. The number of rotatable bonds is 5. The SMILES string of the molecule is O=C(NCCc1ccccc1)N1CCC(Oc2ncc(F)cn2)CC1. The van der Waals surface area contributed by atoms with Crippen molar-refractivity contribution in [2.24, 2.45) is 0 Å².